The van der Waals surface area contributed by atoms with Crippen LogP contribution in [0.2, 0.25) is 0 Å². The third kappa shape index (κ3) is 1.88. The van der Waals surface area contributed by atoms with Crippen molar-refractivity contribution in [2.45, 2.75) is 26.7 Å². The minimum Gasteiger partial charge on any atom is -0.236 e. The van der Waals surface area contributed by atoms with Crippen molar-refractivity contribution >= 4 is 32.3 Å². The van der Waals surface area contributed by atoms with Crippen LogP contribution in [-0.4, -0.2) is 4.98 Å². The highest BCUT2D eigenvalue weighted by atomic mass is 32.1. The summed E-state index contributed by atoms with van der Waals surface area (Å²) in [4.78, 5) is 4.97. The second-order valence-corrected chi connectivity index (χ2v) is 7.59. The van der Waals surface area contributed by atoms with Gasteiger partial charge in [0.25, 0.3) is 0 Å². The van der Waals surface area contributed by atoms with Gasteiger partial charge in [0.1, 0.15) is 5.01 Å². The molecule has 0 bridgehead atoms. The first-order valence-electron chi connectivity index (χ1n) is 8.12. The van der Waals surface area contributed by atoms with E-state index in [1.54, 1.807) is 0 Å². The second kappa shape index (κ2) is 4.65. The molecular weight excluding hydrogens is 298 g/mol. The fourth-order valence-corrected chi connectivity index (χ4v) is 5.10. The molecule has 0 aliphatic heterocycles. The van der Waals surface area contributed by atoms with Crippen LogP contribution in [0.15, 0.2) is 42.5 Å². The Hall–Kier alpha value is -2.19. The molecule has 2 heteroatoms. The van der Waals surface area contributed by atoms with Gasteiger partial charge in [0.15, 0.2) is 0 Å². The summed E-state index contributed by atoms with van der Waals surface area (Å²) in [5.41, 5.74) is 8.00. The van der Waals surface area contributed by atoms with Crippen molar-refractivity contribution in [3.63, 3.8) is 0 Å². The summed E-state index contributed by atoms with van der Waals surface area (Å²) >= 11 is 1.81. The number of aromatic nitrogens is 1. The Bertz CT molecular complexity index is 1080. The molecule has 4 aromatic rings. The summed E-state index contributed by atoms with van der Waals surface area (Å²) in [5.74, 6) is 0. The molecular formula is C21H17NS. The smallest absolute Gasteiger partial charge is 0.125 e. The van der Waals surface area contributed by atoms with E-state index >= 15 is 0 Å². The van der Waals surface area contributed by atoms with E-state index in [-0.39, 0.29) is 0 Å². The molecule has 0 amide bonds. The van der Waals surface area contributed by atoms with Gasteiger partial charge < -0.3 is 0 Å². The summed E-state index contributed by atoms with van der Waals surface area (Å²) in [5, 5.41) is 3.98. The molecule has 3 aromatic carbocycles. The van der Waals surface area contributed by atoms with Crippen LogP contribution in [0.1, 0.15) is 22.3 Å². The third-order valence-electron chi connectivity index (χ3n) is 4.94. The summed E-state index contributed by atoms with van der Waals surface area (Å²) in [6.45, 7) is 4.32. The molecule has 0 atom stereocenters. The van der Waals surface area contributed by atoms with Crippen molar-refractivity contribution in [2.75, 3.05) is 0 Å². The van der Waals surface area contributed by atoms with E-state index in [2.05, 4.69) is 56.3 Å². The highest BCUT2D eigenvalue weighted by molar-refractivity contribution is 7.21. The molecule has 5 rings (SSSR count). The molecule has 0 saturated carbocycles. The summed E-state index contributed by atoms with van der Waals surface area (Å²) in [6.07, 6.45) is 2.35. The predicted molar refractivity (Wildman–Crippen MR) is 99.4 cm³/mol. The van der Waals surface area contributed by atoms with Crippen LogP contribution in [0.4, 0.5) is 0 Å². The fraction of sp³-hybridized carbons (Fsp3) is 0.190. The summed E-state index contributed by atoms with van der Waals surface area (Å²) < 4.78 is 1.29. The lowest BCUT2D eigenvalue weighted by molar-refractivity contribution is 1.02. The van der Waals surface area contributed by atoms with Crippen molar-refractivity contribution in [1.29, 1.82) is 0 Å². The van der Waals surface area contributed by atoms with Crippen LogP contribution >= 0.6 is 11.3 Å². The number of thiazole rings is 1. The van der Waals surface area contributed by atoms with Gasteiger partial charge in [-0.25, -0.2) is 4.98 Å². The largest absolute Gasteiger partial charge is 0.236 e. The maximum atomic E-state index is 4.97. The number of nitrogens with zero attached hydrogens (tertiary/aromatic N) is 1. The SMILES string of the molecule is Cc1cc(C)c2nc(-c3ccc4c5c(cccc35)CC4)sc2c1. The zero-order valence-corrected chi connectivity index (χ0v) is 14.1. The number of benzene rings is 3. The molecule has 112 valence electrons. The van der Waals surface area contributed by atoms with E-state index in [4.69, 9.17) is 4.98 Å². The summed E-state index contributed by atoms with van der Waals surface area (Å²) in [6, 6.07) is 15.8. The number of fused-ring (bicyclic) bond motifs is 1. The Labute approximate surface area is 139 Å². The third-order valence-corrected chi connectivity index (χ3v) is 5.97. The van der Waals surface area contributed by atoms with Crippen LogP contribution in [0, 0.1) is 13.8 Å². The first-order chi connectivity index (χ1) is 11.2. The minimum atomic E-state index is 1.14. The Morgan fingerprint density at radius 1 is 0.957 bits per heavy atom. The molecule has 0 unspecified atom stereocenters. The molecule has 1 aliphatic carbocycles. The van der Waals surface area contributed by atoms with E-state index in [9.17, 15) is 0 Å². The Morgan fingerprint density at radius 2 is 1.78 bits per heavy atom. The van der Waals surface area contributed by atoms with Gasteiger partial charge in [-0.2, -0.15) is 0 Å². The lowest BCUT2D eigenvalue weighted by Crippen LogP contribution is -1.84. The molecule has 23 heavy (non-hydrogen) atoms. The van der Waals surface area contributed by atoms with Crippen molar-refractivity contribution < 1.29 is 0 Å². The molecule has 0 saturated heterocycles. The van der Waals surface area contributed by atoms with E-state index in [0.717, 1.165) is 10.5 Å². The van der Waals surface area contributed by atoms with E-state index in [1.165, 1.54) is 56.1 Å². The van der Waals surface area contributed by atoms with Crippen LogP contribution in [0.25, 0.3) is 31.6 Å². The Kier molecular flexibility index (Phi) is 2.68. The fourth-order valence-electron chi connectivity index (χ4n) is 3.92. The number of aryl methyl sites for hydroxylation is 4. The van der Waals surface area contributed by atoms with Crippen molar-refractivity contribution in [1.82, 2.24) is 4.98 Å². The normalized spacial score (nSPS) is 13.3. The zero-order chi connectivity index (χ0) is 15.6. The standard InChI is InChI=1S/C21H17NS/c1-12-10-13(2)20-18(11-12)23-21(22-20)17-9-8-15-7-6-14-4-3-5-16(17)19(14)15/h3-5,8-11H,6-7H2,1-2H3. The first kappa shape index (κ1) is 13.3. The van der Waals surface area contributed by atoms with Gasteiger partial charge >= 0.3 is 0 Å². The Morgan fingerprint density at radius 3 is 2.65 bits per heavy atom. The van der Waals surface area contributed by atoms with Crippen molar-refractivity contribution in [3.8, 4) is 10.6 Å². The topological polar surface area (TPSA) is 12.9 Å². The zero-order valence-electron chi connectivity index (χ0n) is 13.3. The molecule has 0 spiro atoms. The van der Waals surface area contributed by atoms with Crippen LogP contribution < -0.4 is 0 Å². The van der Waals surface area contributed by atoms with Crippen LogP contribution in [0.3, 0.4) is 0 Å². The minimum absolute atomic E-state index is 1.14. The number of hydrogen-bond donors (Lipinski definition) is 0. The second-order valence-electron chi connectivity index (χ2n) is 6.56. The molecule has 1 aliphatic rings. The average Bonchev–Trinajstić information content (AvgIpc) is 3.14. The number of rotatable bonds is 1. The maximum absolute atomic E-state index is 4.97. The van der Waals surface area contributed by atoms with Gasteiger partial charge in [-0.1, -0.05) is 36.4 Å². The van der Waals surface area contributed by atoms with Crippen molar-refractivity contribution in [3.05, 3.63) is 64.7 Å². The van der Waals surface area contributed by atoms with Crippen LogP contribution in [0.5, 0.6) is 0 Å². The highest BCUT2D eigenvalue weighted by Gasteiger charge is 2.18. The number of hydrogen-bond acceptors (Lipinski definition) is 2. The van der Waals surface area contributed by atoms with Gasteiger partial charge in [0, 0.05) is 5.56 Å². The molecule has 0 N–H and O–H groups in total. The highest BCUT2D eigenvalue weighted by Crippen LogP contribution is 2.40. The Balaban J connectivity index is 1.83. The summed E-state index contributed by atoms with van der Waals surface area (Å²) in [7, 11) is 0. The van der Waals surface area contributed by atoms with Gasteiger partial charge in [0.2, 0.25) is 0 Å². The van der Waals surface area contributed by atoms with Gasteiger partial charge in [0.05, 0.1) is 10.2 Å². The van der Waals surface area contributed by atoms with Crippen LogP contribution in [-0.2, 0) is 12.8 Å². The lowest BCUT2D eigenvalue weighted by Gasteiger charge is -2.06. The van der Waals surface area contributed by atoms with Gasteiger partial charge in [-0.05, 0) is 65.8 Å². The molecule has 0 radical (unpaired) electrons. The van der Waals surface area contributed by atoms with E-state index < -0.39 is 0 Å². The molecule has 1 aromatic heterocycles. The van der Waals surface area contributed by atoms with Gasteiger partial charge in [-0.15, -0.1) is 11.3 Å². The monoisotopic (exact) mass is 315 g/mol. The maximum Gasteiger partial charge on any atom is 0.125 e. The molecule has 0 fully saturated rings. The lowest BCUT2D eigenvalue weighted by atomic mass is 10.0. The van der Waals surface area contributed by atoms with Crippen molar-refractivity contribution in [2.24, 2.45) is 0 Å². The first-order valence-corrected chi connectivity index (χ1v) is 8.94. The van der Waals surface area contributed by atoms with E-state index in [0.29, 0.717) is 0 Å². The molecule has 1 heterocycles. The predicted octanol–water partition coefficient (Wildman–Crippen LogP) is 5.83. The quantitative estimate of drug-likeness (QED) is 0.430. The van der Waals surface area contributed by atoms with Gasteiger partial charge in [-0.3, -0.25) is 0 Å². The van der Waals surface area contributed by atoms with E-state index in [1.807, 2.05) is 11.3 Å². The average molecular weight is 315 g/mol. The molecule has 1 nitrogen and oxygen atoms in total.